The van der Waals surface area contributed by atoms with E-state index in [1.165, 1.54) is 0 Å². The molecule has 1 heterocycles. The molecule has 0 saturated heterocycles. The molecule has 0 amide bonds. The summed E-state index contributed by atoms with van der Waals surface area (Å²) in [7, 11) is 0. The van der Waals surface area contributed by atoms with Gasteiger partial charge in [-0.2, -0.15) is 5.10 Å². The number of ether oxygens (including phenoxy) is 1. The highest BCUT2D eigenvalue weighted by Crippen LogP contribution is 2.26. The highest BCUT2D eigenvalue weighted by atomic mass is 79.9. The third kappa shape index (κ3) is 3.62. The molecule has 126 valence electrons. The number of hydrogen-bond donors (Lipinski definition) is 1. The van der Waals surface area contributed by atoms with Gasteiger partial charge < -0.3 is 9.84 Å². The molecule has 0 radical (unpaired) electrons. The normalized spacial score (nSPS) is 11.4. The fourth-order valence-corrected chi connectivity index (χ4v) is 3.07. The van der Waals surface area contributed by atoms with Crippen molar-refractivity contribution in [3.05, 3.63) is 58.2 Å². The predicted octanol–water partition coefficient (Wildman–Crippen LogP) is 4.37. The molecule has 0 bridgehead atoms. The molecule has 5 heteroatoms. The fourth-order valence-electron chi connectivity index (χ4n) is 2.66. The van der Waals surface area contributed by atoms with Gasteiger partial charge in [0.2, 0.25) is 0 Å². The van der Waals surface area contributed by atoms with Crippen LogP contribution in [0.5, 0.6) is 5.75 Å². The molecule has 0 spiro atoms. The number of nitrogens with zero attached hydrogens (tertiary/aromatic N) is 2. The van der Waals surface area contributed by atoms with Crippen LogP contribution in [-0.4, -0.2) is 21.5 Å². The minimum atomic E-state index is 0.0165. The molecule has 0 unspecified atom stereocenters. The maximum Gasteiger partial charge on any atom is 0.124 e. The van der Waals surface area contributed by atoms with Crippen LogP contribution in [0.1, 0.15) is 25.0 Å². The zero-order valence-corrected chi connectivity index (χ0v) is 15.5. The van der Waals surface area contributed by atoms with Gasteiger partial charge in [-0.1, -0.05) is 41.9 Å². The molecular formula is C19H21BrN2O2. The number of aromatic nitrogens is 2. The number of aliphatic hydroxyl groups excluding tert-OH is 1. The van der Waals surface area contributed by atoms with Crippen molar-refractivity contribution in [1.29, 1.82) is 0 Å². The first-order valence-electron chi connectivity index (χ1n) is 8.04. The number of rotatable bonds is 6. The summed E-state index contributed by atoms with van der Waals surface area (Å²) in [6.45, 7) is 5.59. The Balaban J connectivity index is 1.95. The first-order chi connectivity index (χ1) is 11.6. The highest BCUT2D eigenvalue weighted by Gasteiger charge is 2.11. The zero-order valence-electron chi connectivity index (χ0n) is 13.9. The number of aliphatic hydroxyl groups is 1. The molecule has 0 fully saturated rings. The van der Waals surface area contributed by atoms with Crippen molar-refractivity contribution in [3.8, 4) is 5.75 Å². The Labute approximate surface area is 150 Å². The molecule has 0 aliphatic carbocycles. The van der Waals surface area contributed by atoms with Crippen LogP contribution in [0.2, 0.25) is 0 Å². The molecule has 2 aromatic carbocycles. The maximum atomic E-state index is 9.47. The maximum absolute atomic E-state index is 9.47. The van der Waals surface area contributed by atoms with Crippen molar-refractivity contribution < 1.29 is 9.84 Å². The summed E-state index contributed by atoms with van der Waals surface area (Å²) in [6.07, 6.45) is 1.81. The van der Waals surface area contributed by atoms with Crippen molar-refractivity contribution in [2.45, 2.75) is 27.0 Å². The molecule has 0 saturated carbocycles. The standard InChI is InChI=1S/C19H21BrN2O2/c1-13(2)12-24-19-7-6-16(20)8-15(19)10-22-18-5-3-4-14(11-23)17(18)9-21-22/h3-9,13,23H,10-12H2,1-2H3. The van der Waals surface area contributed by atoms with Gasteiger partial charge in [0.15, 0.2) is 0 Å². The van der Waals surface area contributed by atoms with E-state index in [0.29, 0.717) is 19.1 Å². The Morgan fingerprint density at radius 1 is 1.21 bits per heavy atom. The van der Waals surface area contributed by atoms with Gasteiger partial charge in [0.05, 0.1) is 31.5 Å². The quantitative estimate of drug-likeness (QED) is 0.681. The van der Waals surface area contributed by atoms with E-state index in [9.17, 15) is 5.11 Å². The smallest absolute Gasteiger partial charge is 0.124 e. The van der Waals surface area contributed by atoms with Crippen LogP contribution in [0.15, 0.2) is 47.1 Å². The van der Waals surface area contributed by atoms with Gasteiger partial charge in [-0.25, -0.2) is 0 Å². The average Bonchev–Trinajstić information content (AvgIpc) is 2.97. The lowest BCUT2D eigenvalue weighted by Gasteiger charge is -2.14. The SMILES string of the molecule is CC(C)COc1ccc(Br)cc1Cn1ncc2c(CO)cccc21. The fraction of sp³-hybridized carbons (Fsp3) is 0.316. The van der Waals surface area contributed by atoms with E-state index in [4.69, 9.17) is 4.74 Å². The Kier molecular flexibility index (Phi) is 5.21. The van der Waals surface area contributed by atoms with Crippen LogP contribution in [0.3, 0.4) is 0 Å². The van der Waals surface area contributed by atoms with Crippen LogP contribution in [0, 0.1) is 5.92 Å². The molecule has 24 heavy (non-hydrogen) atoms. The first kappa shape index (κ1) is 17.0. The Morgan fingerprint density at radius 2 is 2.04 bits per heavy atom. The van der Waals surface area contributed by atoms with Crippen LogP contribution >= 0.6 is 15.9 Å². The average molecular weight is 389 g/mol. The summed E-state index contributed by atoms with van der Waals surface area (Å²) in [5.74, 6) is 1.35. The molecule has 0 aliphatic heterocycles. The van der Waals surface area contributed by atoms with Gasteiger partial charge in [0.25, 0.3) is 0 Å². The second-order valence-corrected chi connectivity index (χ2v) is 7.18. The largest absolute Gasteiger partial charge is 0.493 e. The summed E-state index contributed by atoms with van der Waals surface area (Å²) in [4.78, 5) is 0. The third-order valence-electron chi connectivity index (χ3n) is 3.86. The second-order valence-electron chi connectivity index (χ2n) is 6.27. The van der Waals surface area contributed by atoms with E-state index in [2.05, 4.69) is 40.9 Å². The number of benzene rings is 2. The summed E-state index contributed by atoms with van der Waals surface area (Å²) in [6, 6.07) is 11.9. The van der Waals surface area contributed by atoms with Gasteiger partial charge >= 0.3 is 0 Å². The van der Waals surface area contributed by atoms with E-state index in [0.717, 1.165) is 32.3 Å². The van der Waals surface area contributed by atoms with Gasteiger partial charge in [-0.3, -0.25) is 4.68 Å². The molecule has 0 aliphatic rings. The molecule has 1 N–H and O–H groups in total. The summed E-state index contributed by atoms with van der Waals surface area (Å²) in [5.41, 5.74) is 2.98. The van der Waals surface area contributed by atoms with Crippen LogP contribution < -0.4 is 4.74 Å². The van der Waals surface area contributed by atoms with Gasteiger partial charge in [0.1, 0.15) is 5.75 Å². The van der Waals surface area contributed by atoms with Gasteiger partial charge in [-0.15, -0.1) is 0 Å². The van der Waals surface area contributed by atoms with Crippen molar-refractivity contribution in [2.24, 2.45) is 5.92 Å². The number of halogens is 1. The van der Waals surface area contributed by atoms with Crippen molar-refractivity contribution in [3.63, 3.8) is 0 Å². The summed E-state index contributed by atoms with van der Waals surface area (Å²) in [5, 5.41) is 15.0. The van der Waals surface area contributed by atoms with E-state index in [1.807, 2.05) is 41.2 Å². The van der Waals surface area contributed by atoms with Gasteiger partial charge in [-0.05, 0) is 35.7 Å². The van der Waals surface area contributed by atoms with Gasteiger partial charge in [0, 0.05) is 15.4 Å². The Morgan fingerprint density at radius 3 is 2.79 bits per heavy atom. The van der Waals surface area contributed by atoms with Crippen molar-refractivity contribution in [2.75, 3.05) is 6.61 Å². The van der Waals surface area contributed by atoms with Crippen LogP contribution in [0.25, 0.3) is 10.9 Å². The summed E-state index contributed by atoms with van der Waals surface area (Å²) < 4.78 is 8.92. The molecule has 0 atom stereocenters. The molecule has 1 aromatic heterocycles. The van der Waals surface area contributed by atoms with Crippen molar-refractivity contribution >= 4 is 26.8 Å². The third-order valence-corrected chi connectivity index (χ3v) is 4.36. The lowest BCUT2D eigenvalue weighted by Crippen LogP contribution is -2.08. The lowest BCUT2D eigenvalue weighted by molar-refractivity contribution is 0.268. The van der Waals surface area contributed by atoms with Crippen LogP contribution in [-0.2, 0) is 13.2 Å². The highest BCUT2D eigenvalue weighted by molar-refractivity contribution is 9.10. The van der Waals surface area contributed by atoms with E-state index < -0.39 is 0 Å². The Hall–Kier alpha value is -1.85. The van der Waals surface area contributed by atoms with E-state index in [1.54, 1.807) is 0 Å². The second kappa shape index (κ2) is 7.36. The number of hydrogen-bond acceptors (Lipinski definition) is 3. The Bertz CT molecular complexity index is 842. The topological polar surface area (TPSA) is 47.3 Å². The monoisotopic (exact) mass is 388 g/mol. The van der Waals surface area contributed by atoms with Crippen LogP contribution in [0.4, 0.5) is 0 Å². The minimum Gasteiger partial charge on any atom is -0.493 e. The van der Waals surface area contributed by atoms with Crippen molar-refractivity contribution in [1.82, 2.24) is 9.78 Å². The van der Waals surface area contributed by atoms with E-state index in [-0.39, 0.29) is 6.61 Å². The van der Waals surface area contributed by atoms with E-state index >= 15 is 0 Å². The summed E-state index contributed by atoms with van der Waals surface area (Å²) >= 11 is 3.53. The molecule has 3 rings (SSSR count). The predicted molar refractivity (Wildman–Crippen MR) is 99.2 cm³/mol. The first-order valence-corrected chi connectivity index (χ1v) is 8.83. The zero-order chi connectivity index (χ0) is 17.1. The minimum absolute atomic E-state index is 0.0165. The number of fused-ring (bicyclic) bond motifs is 1. The molecule has 4 nitrogen and oxygen atoms in total. The molecule has 3 aromatic rings. The lowest BCUT2D eigenvalue weighted by atomic mass is 10.1. The molecular weight excluding hydrogens is 368 g/mol.